The molecule has 0 aliphatic carbocycles. The molecular weight excluding hydrogens is 435 g/mol. The molecular formula is C23H20BrFN2O2. The number of amides is 2. The van der Waals surface area contributed by atoms with Crippen molar-refractivity contribution in [2.45, 2.75) is 12.5 Å². The van der Waals surface area contributed by atoms with Crippen molar-refractivity contribution < 1.29 is 14.0 Å². The van der Waals surface area contributed by atoms with Gasteiger partial charge in [-0.2, -0.15) is 0 Å². The molecule has 3 rings (SSSR count). The van der Waals surface area contributed by atoms with Crippen LogP contribution in [0.25, 0.3) is 0 Å². The number of carbonyl (C=O) groups excluding carboxylic acids is 2. The third kappa shape index (κ3) is 5.74. The summed E-state index contributed by atoms with van der Waals surface area (Å²) >= 11 is 3.25. The Balaban J connectivity index is 1.66. The van der Waals surface area contributed by atoms with Crippen LogP contribution in [0.5, 0.6) is 0 Å². The van der Waals surface area contributed by atoms with Crippen LogP contribution in [0.3, 0.4) is 0 Å². The normalized spacial score (nSPS) is 11.5. The zero-order valence-corrected chi connectivity index (χ0v) is 17.2. The van der Waals surface area contributed by atoms with E-state index in [2.05, 4.69) is 26.6 Å². The Morgan fingerprint density at radius 3 is 2.24 bits per heavy atom. The minimum Gasteiger partial charge on any atom is -0.352 e. The van der Waals surface area contributed by atoms with E-state index < -0.39 is 11.9 Å². The SMILES string of the molecule is O=C(CCNC(=O)c1ccccc1)NC(c1ccccc1)c1ccc(Br)cc1F. The topological polar surface area (TPSA) is 58.2 Å². The van der Waals surface area contributed by atoms with Crippen LogP contribution in [0.4, 0.5) is 4.39 Å². The maximum atomic E-state index is 14.5. The Hall–Kier alpha value is -2.99. The third-order valence-corrected chi connectivity index (χ3v) is 4.88. The van der Waals surface area contributed by atoms with Gasteiger partial charge < -0.3 is 10.6 Å². The summed E-state index contributed by atoms with van der Waals surface area (Å²) in [5, 5.41) is 5.60. The predicted molar refractivity (Wildman–Crippen MR) is 114 cm³/mol. The second kappa shape index (κ2) is 9.98. The van der Waals surface area contributed by atoms with Gasteiger partial charge in [0, 0.05) is 28.6 Å². The molecule has 1 unspecified atom stereocenters. The van der Waals surface area contributed by atoms with Gasteiger partial charge in [-0.1, -0.05) is 70.5 Å². The average molecular weight is 455 g/mol. The minimum atomic E-state index is -0.623. The van der Waals surface area contributed by atoms with Gasteiger partial charge in [-0.3, -0.25) is 9.59 Å². The Kier molecular flexibility index (Phi) is 7.14. The van der Waals surface area contributed by atoms with E-state index in [1.54, 1.807) is 36.4 Å². The Bertz CT molecular complexity index is 981. The van der Waals surface area contributed by atoms with Crippen molar-refractivity contribution in [2.75, 3.05) is 6.54 Å². The molecule has 29 heavy (non-hydrogen) atoms. The Morgan fingerprint density at radius 1 is 0.931 bits per heavy atom. The highest BCUT2D eigenvalue weighted by molar-refractivity contribution is 9.10. The second-order valence-corrected chi connectivity index (χ2v) is 7.36. The maximum Gasteiger partial charge on any atom is 0.251 e. The summed E-state index contributed by atoms with van der Waals surface area (Å²) in [6.45, 7) is 0.184. The van der Waals surface area contributed by atoms with E-state index in [1.807, 2.05) is 36.4 Å². The van der Waals surface area contributed by atoms with E-state index in [4.69, 9.17) is 0 Å². The monoisotopic (exact) mass is 454 g/mol. The first kappa shape index (κ1) is 20.7. The summed E-state index contributed by atoms with van der Waals surface area (Å²) < 4.78 is 15.2. The molecule has 0 aliphatic rings. The maximum absolute atomic E-state index is 14.5. The molecule has 0 bridgehead atoms. The molecule has 3 aromatic carbocycles. The summed E-state index contributed by atoms with van der Waals surface area (Å²) in [5.41, 5.74) is 1.68. The van der Waals surface area contributed by atoms with Crippen molar-refractivity contribution in [3.63, 3.8) is 0 Å². The predicted octanol–water partition coefficient (Wildman–Crippen LogP) is 4.61. The average Bonchev–Trinajstić information content (AvgIpc) is 2.74. The number of halogens is 2. The summed E-state index contributed by atoms with van der Waals surface area (Å²) in [6, 6.07) is 22.1. The van der Waals surface area contributed by atoms with E-state index in [9.17, 15) is 14.0 Å². The first-order chi connectivity index (χ1) is 14.0. The molecule has 4 nitrogen and oxygen atoms in total. The molecule has 0 saturated carbocycles. The van der Waals surface area contributed by atoms with Crippen LogP contribution in [0.1, 0.15) is 33.9 Å². The standard InChI is InChI=1S/C23H20BrFN2O2/c24-18-11-12-19(20(25)15-18)22(16-7-3-1-4-8-16)27-21(28)13-14-26-23(29)17-9-5-2-6-10-17/h1-12,15,22H,13-14H2,(H,26,29)(H,27,28). The highest BCUT2D eigenvalue weighted by atomic mass is 79.9. The Labute approximate surface area is 177 Å². The van der Waals surface area contributed by atoms with Crippen LogP contribution < -0.4 is 10.6 Å². The minimum absolute atomic E-state index is 0.0834. The molecule has 0 saturated heterocycles. The fraction of sp³-hybridized carbons (Fsp3) is 0.130. The zero-order chi connectivity index (χ0) is 20.6. The van der Waals surface area contributed by atoms with E-state index in [1.165, 1.54) is 6.07 Å². The molecule has 0 spiro atoms. The van der Waals surface area contributed by atoms with Crippen LogP contribution in [0.2, 0.25) is 0 Å². The first-order valence-electron chi connectivity index (χ1n) is 9.17. The lowest BCUT2D eigenvalue weighted by molar-refractivity contribution is -0.121. The van der Waals surface area contributed by atoms with Crippen molar-refractivity contribution in [3.8, 4) is 0 Å². The molecule has 0 aromatic heterocycles. The van der Waals surface area contributed by atoms with Crippen LogP contribution in [-0.2, 0) is 4.79 Å². The molecule has 3 aromatic rings. The quantitative estimate of drug-likeness (QED) is 0.547. The summed E-state index contributed by atoms with van der Waals surface area (Å²) in [7, 11) is 0. The first-order valence-corrected chi connectivity index (χ1v) is 9.96. The van der Waals surface area contributed by atoms with Gasteiger partial charge in [0.15, 0.2) is 0 Å². The fourth-order valence-corrected chi connectivity index (χ4v) is 3.27. The van der Waals surface area contributed by atoms with Gasteiger partial charge in [-0.25, -0.2) is 4.39 Å². The van der Waals surface area contributed by atoms with Crippen molar-refractivity contribution in [1.82, 2.24) is 10.6 Å². The van der Waals surface area contributed by atoms with Crippen LogP contribution in [0.15, 0.2) is 83.3 Å². The van der Waals surface area contributed by atoms with Crippen LogP contribution in [0, 0.1) is 5.82 Å². The number of rotatable bonds is 7. The molecule has 0 fully saturated rings. The number of hydrogen-bond donors (Lipinski definition) is 2. The van der Waals surface area contributed by atoms with Gasteiger partial charge in [0.2, 0.25) is 5.91 Å². The van der Waals surface area contributed by atoms with Gasteiger partial charge in [-0.15, -0.1) is 0 Å². The number of benzene rings is 3. The lowest BCUT2D eigenvalue weighted by Crippen LogP contribution is -2.33. The third-order valence-electron chi connectivity index (χ3n) is 4.39. The number of nitrogens with one attached hydrogen (secondary N) is 2. The summed E-state index contributed by atoms with van der Waals surface area (Å²) in [6.07, 6.45) is 0.0834. The number of carbonyl (C=O) groups is 2. The molecule has 0 heterocycles. The Morgan fingerprint density at radius 2 is 1.59 bits per heavy atom. The van der Waals surface area contributed by atoms with E-state index in [-0.39, 0.29) is 24.8 Å². The van der Waals surface area contributed by atoms with Crippen molar-refractivity contribution >= 4 is 27.7 Å². The lowest BCUT2D eigenvalue weighted by atomic mass is 9.98. The molecule has 6 heteroatoms. The van der Waals surface area contributed by atoms with E-state index in [0.717, 1.165) is 5.56 Å². The van der Waals surface area contributed by atoms with Crippen LogP contribution in [-0.4, -0.2) is 18.4 Å². The van der Waals surface area contributed by atoms with E-state index >= 15 is 0 Å². The fourth-order valence-electron chi connectivity index (χ4n) is 2.94. The highest BCUT2D eigenvalue weighted by Crippen LogP contribution is 2.26. The van der Waals surface area contributed by atoms with Crippen molar-refractivity contribution in [2.24, 2.45) is 0 Å². The van der Waals surface area contributed by atoms with Gasteiger partial charge in [0.05, 0.1) is 6.04 Å². The highest BCUT2D eigenvalue weighted by Gasteiger charge is 2.20. The molecule has 0 radical (unpaired) electrons. The van der Waals surface area contributed by atoms with E-state index in [0.29, 0.717) is 15.6 Å². The van der Waals surface area contributed by atoms with Gasteiger partial charge in [0.1, 0.15) is 5.82 Å². The van der Waals surface area contributed by atoms with Gasteiger partial charge in [0.25, 0.3) is 5.91 Å². The zero-order valence-electron chi connectivity index (χ0n) is 15.6. The van der Waals surface area contributed by atoms with Crippen LogP contribution >= 0.6 is 15.9 Å². The molecule has 0 aliphatic heterocycles. The molecule has 148 valence electrons. The molecule has 2 amide bonds. The van der Waals surface area contributed by atoms with Crippen molar-refractivity contribution in [1.29, 1.82) is 0 Å². The van der Waals surface area contributed by atoms with Gasteiger partial charge >= 0.3 is 0 Å². The lowest BCUT2D eigenvalue weighted by Gasteiger charge is -2.21. The largest absolute Gasteiger partial charge is 0.352 e. The number of hydrogen-bond acceptors (Lipinski definition) is 2. The van der Waals surface area contributed by atoms with Gasteiger partial charge in [-0.05, 0) is 29.8 Å². The van der Waals surface area contributed by atoms with Crippen molar-refractivity contribution in [3.05, 3.63) is 106 Å². The smallest absolute Gasteiger partial charge is 0.251 e. The summed E-state index contributed by atoms with van der Waals surface area (Å²) in [5.74, 6) is -0.933. The second-order valence-electron chi connectivity index (χ2n) is 6.45. The summed E-state index contributed by atoms with van der Waals surface area (Å²) in [4.78, 5) is 24.6. The molecule has 1 atom stereocenters. The molecule has 2 N–H and O–H groups in total.